The van der Waals surface area contributed by atoms with Gasteiger partial charge in [0.2, 0.25) is 5.91 Å². The molecule has 1 fully saturated rings. The number of rotatable bonds is 10. The number of carboxylic acids is 1. The molecule has 1 aliphatic rings. The van der Waals surface area contributed by atoms with Gasteiger partial charge in [-0.15, -0.1) is 12.4 Å². The smallest absolute Gasteiger partial charge is 0.317 e. The molecule has 1 amide bonds. The summed E-state index contributed by atoms with van der Waals surface area (Å²) in [6.45, 7) is 7.75. The molecule has 158 valence electrons. The van der Waals surface area contributed by atoms with Crippen LogP contribution in [0.5, 0.6) is 5.75 Å². The number of carbonyl (C=O) groups excluding carboxylic acids is 1. The van der Waals surface area contributed by atoms with Crippen LogP contribution in [0, 0.1) is 6.92 Å². The lowest BCUT2D eigenvalue weighted by Gasteiger charge is -2.37. The second kappa shape index (κ2) is 12.6. The highest BCUT2D eigenvalue weighted by Crippen LogP contribution is 2.16. The molecule has 2 N–H and O–H groups in total. The molecule has 0 radical (unpaired) electrons. The number of likely N-dealkylation sites (tertiary alicyclic amines) is 1. The summed E-state index contributed by atoms with van der Waals surface area (Å²) in [5.41, 5.74) is 1.14. The van der Waals surface area contributed by atoms with E-state index >= 15 is 0 Å². The highest BCUT2D eigenvalue weighted by atomic mass is 35.5. The van der Waals surface area contributed by atoms with Gasteiger partial charge in [0.25, 0.3) is 0 Å². The van der Waals surface area contributed by atoms with E-state index < -0.39 is 5.97 Å². The van der Waals surface area contributed by atoms with E-state index in [0.717, 1.165) is 43.8 Å². The second-order valence-electron chi connectivity index (χ2n) is 6.98. The van der Waals surface area contributed by atoms with Crippen molar-refractivity contribution in [3.05, 3.63) is 29.8 Å². The zero-order valence-corrected chi connectivity index (χ0v) is 17.5. The molecule has 0 aromatic heterocycles. The Balaban J connectivity index is 0.00000392. The number of nitrogens with zero attached hydrogens (tertiary/aromatic N) is 2. The molecule has 0 saturated carbocycles. The highest BCUT2D eigenvalue weighted by molar-refractivity contribution is 5.85. The number of piperidine rings is 1. The van der Waals surface area contributed by atoms with E-state index in [0.29, 0.717) is 19.7 Å². The second-order valence-corrected chi connectivity index (χ2v) is 6.98. The molecule has 1 aliphatic heterocycles. The maximum atomic E-state index is 12.1. The summed E-state index contributed by atoms with van der Waals surface area (Å²) >= 11 is 0. The van der Waals surface area contributed by atoms with Crippen LogP contribution in [0.3, 0.4) is 0 Å². The lowest BCUT2D eigenvalue weighted by Crippen LogP contribution is -2.48. The third-order valence-corrected chi connectivity index (χ3v) is 4.87. The van der Waals surface area contributed by atoms with Gasteiger partial charge in [-0.2, -0.15) is 0 Å². The maximum absolute atomic E-state index is 12.1. The first-order valence-electron chi connectivity index (χ1n) is 9.62. The molecule has 1 aromatic rings. The van der Waals surface area contributed by atoms with Crippen molar-refractivity contribution in [2.45, 2.75) is 32.7 Å². The van der Waals surface area contributed by atoms with Gasteiger partial charge < -0.3 is 15.2 Å². The van der Waals surface area contributed by atoms with Crippen molar-refractivity contribution >= 4 is 24.3 Å². The topological polar surface area (TPSA) is 82.1 Å². The molecule has 0 atom stereocenters. The van der Waals surface area contributed by atoms with Crippen molar-refractivity contribution in [2.24, 2.45) is 0 Å². The summed E-state index contributed by atoms with van der Waals surface area (Å²) in [4.78, 5) is 27.2. The summed E-state index contributed by atoms with van der Waals surface area (Å²) in [7, 11) is 0. The van der Waals surface area contributed by atoms with Crippen molar-refractivity contribution < 1.29 is 19.4 Å². The van der Waals surface area contributed by atoms with Crippen LogP contribution in [0.4, 0.5) is 0 Å². The van der Waals surface area contributed by atoms with Crippen molar-refractivity contribution in [1.29, 1.82) is 0 Å². The monoisotopic (exact) mass is 413 g/mol. The third kappa shape index (κ3) is 8.46. The van der Waals surface area contributed by atoms with Crippen LogP contribution >= 0.6 is 12.4 Å². The lowest BCUT2D eigenvalue weighted by atomic mass is 10.0. The number of carboxylic acid groups (broad SMARTS) is 1. The molecule has 0 bridgehead atoms. The van der Waals surface area contributed by atoms with Crippen LogP contribution in [-0.2, 0) is 9.59 Å². The van der Waals surface area contributed by atoms with Crippen LogP contribution in [0.1, 0.15) is 25.3 Å². The molecule has 0 spiro atoms. The molecule has 8 heteroatoms. The minimum absolute atomic E-state index is 0. The predicted molar refractivity (Wildman–Crippen MR) is 111 cm³/mol. The van der Waals surface area contributed by atoms with Gasteiger partial charge in [-0.1, -0.05) is 19.1 Å². The Morgan fingerprint density at radius 1 is 1.32 bits per heavy atom. The lowest BCUT2D eigenvalue weighted by molar-refractivity contribution is -0.139. The maximum Gasteiger partial charge on any atom is 0.317 e. The number of carbonyl (C=O) groups is 2. The van der Waals surface area contributed by atoms with Crippen molar-refractivity contribution in [3.63, 3.8) is 0 Å². The fraction of sp³-hybridized carbons (Fsp3) is 0.600. The van der Waals surface area contributed by atoms with E-state index in [1.54, 1.807) is 0 Å². The number of aliphatic carboxylic acids is 1. The molecule has 2 rings (SSSR count). The van der Waals surface area contributed by atoms with Gasteiger partial charge in [0.1, 0.15) is 12.4 Å². The molecule has 0 aliphatic carbocycles. The molecule has 0 unspecified atom stereocenters. The van der Waals surface area contributed by atoms with E-state index in [9.17, 15) is 9.59 Å². The van der Waals surface area contributed by atoms with Crippen molar-refractivity contribution in [3.8, 4) is 5.75 Å². The number of benzene rings is 1. The van der Waals surface area contributed by atoms with Gasteiger partial charge in [-0.3, -0.25) is 19.4 Å². The SMILES string of the molecule is CCN(CC(=O)O)C1CCN(CC(=O)NCCOc2cccc(C)c2)CC1.Cl. The normalized spacial score (nSPS) is 15.1. The number of amides is 1. The number of halogens is 1. The van der Waals surface area contributed by atoms with Crippen LogP contribution < -0.4 is 10.1 Å². The molecule has 1 heterocycles. The largest absolute Gasteiger partial charge is 0.492 e. The summed E-state index contributed by atoms with van der Waals surface area (Å²) in [6.07, 6.45) is 1.79. The molecule has 1 aromatic carbocycles. The number of hydrogen-bond acceptors (Lipinski definition) is 5. The standard InChI is InChI=1S/C20H31N3O4.ClH/c1-3-23(15-20(25)26)17-7-10-22(11-8-17)14-19(24)21-9-12-27-18-6-4-5-16(2)13-18;/h4-6,13,17H,3,7-12,14-15H2,1-2H3,(H,21,24)(H,25,26);1H. The van der Waals surface area contributed by atoms with E-state index in [1.165, 1.54) is 0 Å². The van der Waals surface area contributed by atoms with Gasteiger partial charge in [0, 0.05) is 19.1 Å². The summed E-state index contributed by atoms with van der Waals surface area (Å²) in [6, 6.07) is 8.12. The zero-order valence-electron chi connectivity index (χ0n) is 16.7. The van der Waals surface area contributed by atoms with E-state index in [2.05, 4.69) is 10.2 Å². The number of likely N-dealkylation sites (N-methyl/N-ethyl adjacent to an activating group) is 1. The third-order valence-electron chi connectivity index (χ3n) is 4.87. The first-order valence-corrected chi connectivity index (χ1v) is 9.62. The number of ether oxygens (including phenoxy) is 1. The number of aryl methyl sites for hydroxylation is 1. The first-order chi connectivity index (χ1) is 13.0. The first kappa shape index (κ1) is 24.2. The number of hydrogen-bond donors (Lipinski definition) is 2. The van der Waals surface area contributed by atoms with Crippen molar-refractivity contribution in [2.75, 3.05) is 45.9 Å². The Hall–Kier alpha value is -1.83. The Labute approximate surface area is 173 Å². The molecule has 28 heavy (non-hydrogen) atoms. The Kier molecular flexibility index (Phi) is 10.9. The van der Waals surface area contributed by atoms with Gasteiger partial charge in [0.15, 0.2) is 0 Å². The average Bonchev–Trinajstić information content (AvgIpc) is 2.64. The van der Waals surface area contributed by atoms with Crippen LogP contribution in [0.2, 0.25) is 0 Å². The highest BCUT2D eigenvalue weighted by Gasteiger charge is 2.25. The minimum atomic E-state index is -0.786. The quantitative estimate of drug-likeness (QED) is 0.569. The Morgan fingerprint density at radius 3 is 2.64 bits per heavy atom. The van der Waals surface area contributed by atoms with Gasteiger partial charge in [-0.05, 0) is 44.0 Å². The van der Waals surface area contributed by atoms with E-state index in [1.807, 2.05) is 43.0 Å². The van der Waals surface area contributed by atoms with E-state index in [4.69, 9.17) is 9.84 Å². The van der Waals surface area contributed by atoms with Gasteiger partial charge >= 0.3 is 5.97 Å². The fourth-order valence-electron chi connectivity index (χ4n) is 3.44. The molecular formula is C20H32ClN3O4. The molecular weight excluding hydrogens is 382 g/mol. The zero-order chi connectivity index (χ0) is 19.6. The predicted octanol–water partition coefficient (Wildman–Crippen LogP) is 1.78. The summed E-state index contributed by atoms with van der Waals surface area (Å²) in [5, 5.41) is 11.9. The van der Waals surface area contributed by atoms with Crippen molar-refractivity contribution in [1.82, 2.24) is 15.1 Å². The van der Waals surface area contributed by atoms with Gasteiger partial charge in [-0.25, -0.2) is 0 Å². The van der Waals surface area contributed by atoms with Gasteiger partial charge in [0.05, 0.1) is 19.6 Å². The van der Waals surface area contributed by atoms with E-state index in [-0.39, 0.29) is 30.9 Å². The average molecular weight is 414 g/mol. The Morgan fingerprint density at radius 2 is 2.04 bits per heavy atom. The van der Waals surface area contributed by atoms with Crippen LogP contribution in [0.15, 0.2) is 24.3 Å². The summed E-state index contributed by atoms with van der Waals surface area (Å²) < 4.78 is 5.63. The van der Waals surface area contributed by atoms with Crippen LogP contribution in [-0.4, -0.2) is 78.7 Å². The number of nitrogens with one attached hydrogen (secondary N) is 1. The molecule has 1 saturated heterocycles. The Bertz CT molecular complexity index is 621. The molecule has 7 nitrogen and oxygen atoms in total. The van der Waals surface area contributed by atoms with Crippen LogP contribution in [0.25, 0.3) is 0 Å². The minimum Gasteiger partial charge on any atom is -0.492 e. The summed E-state index contributed by atoms with van der Waals surface area (Å²) in [5.74, 6) is 0.0267. The fourth-order valence-corrected chi connectivity index (χ4v) is 3.44.